The minimum atomic E-state index is -1.36. The van der Waals surface area contributed by atoms with Gasteiger partial charge in [0, 0.05) is 16.7 Å². The van der Waals surface area contributed by atoms with Crippen LogP contribution in [0.15, 0.2) is 22.5 Å². The zero-order valence-electron chi connectivity index (χ0n) is 15.3. The van der Waals surface area contributed by atoms with Gasteiger partial charge in [0.25, 0.3) is 0 Å². The van der Waals surface area contributed by atoms with Gasteiger partial charge in [-0.25, -0.2) is 0 Å². The SMILES string of the molecule is CC(C)C1=C(O)C2=C(C(=O)C1=O)C1(C(=O)O)CCCC(C)(C)C1CC2. The van der Waals surface area contributed by atoms with Crippen molar-refractivity contribution in [2.45, 2.75) is 59.8 Å². The molecule has 0 saturated heterocycles. The molecule has 3 aliphatic rings. The van der Waals surface area contributed by atoms with Gasteiger partial charge in [0.2, 0.25) is 11.6 Å². The minimum Gasteiger partial charge on any atom is -0.507 e. The summed E-state index contributed by atoms with van der Waals surface area (Å²) in [5, 5.41) is 20.9. The first-order chi connectivity index (χ1) is 11.6. The molecule has 5 nitrogen and oxygen atoms in total. The highest BCUT2D eigenvalue weighted by atomic mass is 16.4. The molecule has 3 rings (SSSR count). The van der Waals surface area contributed by atoms with Crippen LogP contribution in [0.2, 0.25) is 0 Å². The molecule has 0 spiro atoms. The molecule has 3 aliphatic carbocycles. The predicted octanol–water partition coefficient (Wildman–Crippen LogP) is 3.59. The van der Waals surface area contributed by atoms with Gasteiger partial charge >= 0.3 is 5.97 Å². The molecule has 1 saturated carbocycles. The summed E-state index contributed by atoms with van der Waals surface area (Å²) in [6.45, 7) is 7.60. The molecule has 5 heteroatoms. The molecule has 2 atom stereocenters. The second-order valence-corrected chi connectivity index (χ2v) is 8.64. The van der Waals surface area contributed by atoms with E-state index in [1.165, 1.54) is 0 Å². The second kappa shape index (κ2) is 5.55. The zero-order chi connectivity index (χ0) is 18.7. The van der Waals surface area contributed by atoms with Gasteiger partial charge in [0.05, 0.1) is 0 Å². The first-order valence-electron chi connectivity index (χ1n) is 9.05. The maximum absolute atomic E-state index is 13.0. The van der Waals surface area contributed by atoms with E-state index >= 15 is 0 Å². The molecule has 25 heavy (non-hydrogen) atoms. The third-order valence-electron chi connectivity index (χ3n) is 6.54. The van der Waals surface area contributed by atoms with Crippen molar-refractivity contribution in [1.82, 2.24) is 0 Å². The Labute approximate surface area is 147 Å². The highest BCUT2D eigenvalue weighted by Gasteiger charge is 2.61. The summed E-state index contributed by atoms with van der Waals surface area (Å²) in [5.74, 6) is -3.16. The lowest BCUT2D eigenvalue weighted by Gasteiger charge is -2.54. The van der Waals surface area contributed by atoms with Crippen LogP contribution in [0.5, 0.6) is 0 Å². The molecule has 0 aromatic carbocycles. The molecular formula is C20H26O5. The number of carbonyl (C=O) groups is 3. The van der Waals surface area contributed by atoms with Crippen molar-refractivity contribution in [3.05, 3.63) is 22.5 Å². The normalized spacial score (nSPS) is 32.0. The number of fused-ring (bicyclic) bond motifs is 2. The lowest BCUT2D eigenvalue weighted by molar-refractivity contribution is -0.159. The van der Waals surface area contributed by atoms with Crippen LogP contribution in [-0.2, 0) is 14.4 Å². The summed E-state index contributed by atoms with van der Waals surface area (Å²) in [5.41, 5.74) is -1.01. The number of hydrogen-bond donors (Lipinski definition) is 2. The minimum absolute atomic E-state index is 0.0657. The average molecular weight is 346 g/mol. The van der Waals surface area contributed by atoms with Crippen LogP contribution in [0.25, 0.3) is 0 Å². The fourth-order valence-electron chi connectivity index (χ4n) is 5.44. The highest BCUT2D eigenvalue weighted by molar-refractivity contribution is 6.51. The topological polar surface area (TPSA) is 91.7 Å². The Bertz CT molecular complexity index is 737. The van der Waals surface area contributed by atoms with Crippen LogP contribution >= 0.6 is 0 Å². The summed E-state index contributed by atoms with van der Waals surface area (Å²) >= 11 is 0. The fraction of sp³-hybridized carbons (Fsp3) is 0.650. The van der Waals surface area contributed by atoms with E-state index in [1.807, 2.05) is 13.8 Å². The number of carboxylic acids is 1. The van der Waals surface area contributed by atoms with E-state index < -0.39 is 23.0 Å². The van der Waals surface area contributed by atoms with Crippen molar-refractivity contribution in [2.24, 2.45) is 22.7 Å². The van der Waals surface area contributed by atoms with Crippen molar-refractivity contribution < 1.29 is 24.6 Å². The summed E-state index contributed by atoms with van der Waals surface area (Å²) in [4.78, 5) is 38.0. The molecule has 0 aromatic rings. The maximum atomic E-state index is 13.0. The number of aliphatic hydroxyl groups excluding tert-OH is 1. The van der Waals surface area contributed by atoms with E-state index in [4.69, 9.17) is 0 Å². The smallest absolute Gasteiger partial charge is 0.314 e. The van der Waals surface area contributed by atoms with Crippen LogP contribution in [0.4, 0.5) is 0 Å². The number of aliphatic carboxylic acids is 1. The Kier molecular flexibility index (Phi) is 3.97. The van der Waals surface area contributed by atoms with Crippen LogP contribution < -0.4 is 0 Å². The van der Waals surface area contributed by atoms with Gasteiger partial charge in [-0.3, -0.25) is 14.4 Å². The molecule has 136 valence electrons. The number of carbonyl (C=O) groups excluding carboxylic acids is 2. The van der Waals surface area contributed by atoms with Crippen molar-refractivity contribution in [1.29, 1.82) is 0 Å². The van der Waals surface area contributed by atoms with Crippen LogP contribution in [0, 0.1) is 22.7 Å². The van der Waals surface area contributed by atoms with E-state index in [9.17, 15) is 24.6 Å². The lowest BCUT2D eigenvalue weighted by atomic mass is 9.48. The molecule has 0 amide bonds. The van der Waals surface area contributed by atoms with Gasteiger partial charge in [0.1, 0.15) is 11.2 Å². The number of Topliss-reactive ketones (excluding diaryl/α,β-unsaturated/α-hetero) is 2. The van der Waals surface area contributed by atoms with Crippen LogP contribution in [0.1, 0.15) is 59.8 Å². The Morgan fingerprint density at radius 3 is 2.36 bits per heavy atom. The lowest BCUT2D eigenvalue weighted by Crippen LogP contribution is -2.55. The van der Waals surface area contributed by atoms with E-state index in [0.717, 1.165) is 6.42 Å². The zero-order valence-corrected chi connectivity index (χ0v) is 15.3. The van der Waals surface area contributed by atoms with Crippen molar-refractivity contribution >= 4 is 17.5 Å². The van der Waals surface area contributed by atoms with Gasteiger partial charge in [-0.2, -0.15) is 0 Å². The standard InChI is InChI=1S/C20H26O5/c1-10(2)13-15(21)11-6-7-12-19(3,4)8-5-9-20(12,18(24)25)14(11)17(23)16(13)22/h10,12,21H,5-9H2,1-4H3,(H,24,25). The van der Waals surface area contributed by atoms with Crippen molar-refractivity contribution in [2.75, 3.05) is 0 Å². The molecule has 0 bridgehead atoms. The van der Waals surface area contributed by atoms with E-state index in [-0.39, 0.29) is 34.2 Å². The van der Waals surface area contributed by atoms with Crippen molar-refractivity contribution in [3.63, 3.8) is 0 Å². The third-order valence-corrected chi connectivity index (χ3v) is 6.54. The molecule has 1 fully saturated rings. The number of allylic oxidation sites excluding steroid dienone is 2. The quantitative estimate of drug-likeness (QED) is 0.589. The maximum Gasteiger partial charge on any atom is 0.314 e. The van der Waals surface area contributed by atoms with Gasteiger partial charge in [0.15, 0.2) is 0 Å². The number of rotatable bonds is 2. The first kappa shape index (κ1) is 17.9. The third kappa shape index (κ3) is 2.24. The molecule has 0 heterocycles. The first-order valence-corrected chi connectivity index (χ1v) is 9.05. The van der Waals surface area contributed by atoms with Crippen LogP contribution in [0.3, 0.4) is 0 Å². The van der Waals surface area contributed by atoms with Crippen LogP contribution in [-0.4, -0.2) is 27.7 Å². The Morgan fingerprint density at radius 1 is 1.16 bits per heavy atom. The molecule has 2 N–H and O–H groups in total. The average Bonchev–Trinajstić information content (AvgIpc) is 2.51. The van der Waals surface area contributed by atoms with Gasteiger partial charge < -0.3 is 10.2 Å². The Hall–Kier alpha value is -1.91. The number of hydrogen-bond acceptors (Lipinski definition) is 4. The van der Waals surface area contributed by atoms with Gasteiger partial charge in [-0.05, 0) is 42.9 Å². The van der Waals surface area contributed by atoms with Gasteiger partial charge in [-0.1, -0.05) is 34.1 Å². The summed E-state index contributed by atoms with van der Waals surface area (Å²) in [7, 11) is 0. The molecule has 0 radical (unpaired) electrons. The molecule has 2 unspecified atom stereocenters. The second-order valence-electron chi connectivity index (χ2n) is 8.64. The Morgan fingerprint density at radius 2 is 1.80 bits per heavy atom. The monoisotopic (exact) mass is 346 g/mol. The highest BCUT2D eigenvalue weighted by Crippen LogP contribution is 2.61. The van der Waals surface area contributed by atoms with E-state index in [1.54, 1.807) is 13.8 Å². The van der Waals surface area contributed by atoms with E-state index in [2.05, 4.69) is 0 Å². The molecule has 0 aromatic heterocycles. The predicted molar refractivity (Wildman–Crippen MR) is 92.0 cm³/mol. The van der Waals surface area contributed by atoms with Gasteiger partial charge in [-0.15, -0.1) is 0 Å². The molecule has 0 aliphatic heterocycles. The Balaban J connectivity index is 2.31. The van der Waals surface area contributed by atoms with Crippen molar-refractivity contribution in [3.8, 4) is 0 Å². The fourth-order valence-corrected chi connectivity index (χ4v) is 5.44. The summed E-state index contributed by atoms with van der Waals surface area (Å²) in [6.07, 6.45) is 2.99. The largest absolute Gasteiger partial charge is 0.507 e. The number of ketones is 2. The number of carboxylic acid groups (broad SMARTS) is 1. The summed E-state index contributed by atoms with van der Waals surface area (Å²) in [6, 6.07) is 0. The summed E-state index contributed by atoms with van der Waals surface area (Å²) < 4.78 is 0. The number of aliphatic hydroxyl groups is 1. The van der Waals surface area contributed by atoms with E-state index in [0.29, 0.717) is 31.3 Å². The molecular weight excluding hydrogens is 320 g/mol.